The fourth-order valence-electron chi connectivity index (χ4n) is 2.97. The van der Waals surface area contributed by atoms with Crippen LogP contribution >= 0.6 is 0 Å². The number of nitrogens with zero attached hydrogens (tertiary/aromatic N) is 1. The summed E-state index contributed by atoms with van der Waals surface area (Å²) in [6.07, 6.45) is 2.13. The lowest BCUT2D eigenvalue weighted by molar-refractivity contribution is -0.132. The summed E-state index contributed by atoms with van der Waals surface area (Å²) in [6.45, 7) is 0.936. The van der Waals surface area contributed by atoms with Crippen molar-refractivity contribution >= 4 is 11.9 Å². The molecule has 0 radical (unpaired) electrons. The molecule has 2 bridgehead atoms. The predicted octanol–water partition coefficient (Wildman–Crippen LogP) is 2.38. The molecule has 0 N–H and O–H groups in total. The summed E-state index contributed by atoms with van der Waals surface area (Å²) in [4.78, 5) is 25.5. The van der Waals surface area contributed by atoms with E-state index in [9.17, 15) is 9.59 Å². The molecule has 2 saturated heterocycles. The van der Waals surface area contributed by atoms with Gasteiger partial charge in [0.25, 0.3) is 0 Å². The van der Waals surface area contributed by atoms with Crippen molar-refractivity contribution in [2.45, 2.75) is 31.9 Å². The van der Waals surface area contributed by atoms with Crippen LogP contribution in [0.3, 0.4) is 0 Å². The Morgan fingerprint density at radius 3 is 2.74 bits per heavy atom. The van der Waals surface area contributed by atoms with Gasteiger partial charge >= 0.3 is 6.09 Å². The van der Waals surface area contributed by atoms with E-state index in [0.29, 0.717) is 18.9 Å². The first-order chi connectivity index (χ1) is 9.24. The Labute approximate surface area is 112 Å². The average molecular weight is 259 g/mol. The molecule has 0 spiro atoms. The third-order valence-electron chi connectivity index (χ3n) is 3.98. The van der Waals surface area contributed by atoms with Gasteiger partial charge in [-0.2, -0.15) is 0 Å². The highest BCUT2D eigenvalue weighted by Crippen LogP contribution is 2.33. The van der Waals surface area contributed by atoms with Crippen LogP contribution < -0.4 is 0 Å². The van der Waals surface area contributed by atoms with Gasteiger partial charge in [-0.15, -0.1) is 0 Å². The SMILES string of the molecule is O=C1CC2CCC1N(C(=O)OCc1ccccc1)C2. The van der Waals surface area contributed by atoms with Crippen LogP contribution in [-0.2, 0) is 16.1 Å². The van der Waals surface area contributed by atoms with E-state index in [1.165, 1.54) is 0 Å². The fourth-order valence-corrected chi connectivity index (χ4v) is 2.97. The first-order valence-electron chi connectivity index (χ1n) is 6.74. The molecule has 100 valence electrons. The van der Waals surface area contributed by atoms with Gasteiger partial charge in [0, 0.05) is 13.0 Å². The summed E-state index contributed by atoms with van der Waals surface area (Å²) < 4.78 is 5.30. The monoisotopic (exact) mass is 259 g/mol. The first kappa shape index (κ1) is 12.2. The minimum atomic E-state index is -0.355. The second-order valence-corrected chi connectivity index (χ2v) is 5.32. The highest BCUT2D eigenvalue weighted by molar-refractivity contribution is 5.89. The summed E-state index contributed by atoms with van der Waals surface area (Å²) in [7, 11) is 0. The molecule has 3 fully saturated rings. The van der Waals surface area contributed by atoms with Crippen molar-refractivity contribution in [3.8, 4) is 0 Å². The molecule has 2 unspecified atom stereocenters. The molecule has 4 heteroatoms. The highest BCUT2D eigenvalue weighted by atomic mass is 16.6. The van der Waals surface area contributed by atoms with Crippen LogP contribution in [0.1, 0.15) is 24.8 Å². The van der Waals surface area contributed by atoms with Gasteiger partial charge in [0.05, 0.1) is 6.04 Å². The Morgan fingerprint density at radius 2 is 2.05 bits per heavy atom. The normalized spacial score (nSPS) is 25.5. The van der Waals surface area contributed by atoms with Gasteiger partial charge in [-0.05, 0) is 24.3 Å². The van der Waals surface area contributed by atoms with Crippen LogP contribution in [0.4, 0.5) is 4.79 Å². The van der Waals surface area contributed by atoms with Crippen molar-refractivity contribution in [2.24, 2.45) is 5.92 Å². The van der Waals surface area contributed by atoms with Crippen LogP contribution in [0.5, 0.6) is 0 Å². The van der Waals surface area contributed by atoms with Crippen molar-refractivity contribution in [3.63, 3.8) is 0 Å². The number of piperidine rings is 2. The van der Waals surface area contributed by atoms with Crippen LogP contribution in [0.15, 0.2) is 30.3 Å². The molecule has 3 aliphatic rings. The summed E-state index contributed by atoms with van der Waals surface area (Å²) in [6, 6.07) is 9.34. The highest BCUT2D eigenvalue weighted by Gasteiger charge is 2.42. The molecule has 1 aromatic carbocycles. The van der Waals surface area contributed by atoms with Crippen molar-refractivity contribution in [2.75, 3.05) is 6.54 Å². The Kier molecular flexibility index (Phi) is 3.23. The van der Waals surface area contributed by atoms with Gasteiger partial charge < -0.3 is 4.74 Å². The summed E-state index contributed by atoms with van der Waals surface area (Å²) in [5, 5.41) is 0. The molecule has 2 aliphatic heterocycles. The number of benzene rings is 1. The molecular formula is C15H17NO3. The number of amides is 1. The summed E-state index contributed by atoms with van der Waals surface area (Å²) in [5.41, 5.74) is 0.962. The van der Waals surface area contributed by atoms with Crippen LogP contribution in [0.25, 0.3) is 0 Å². The lowest BCUT2D eigenvalue weighted by Gasteiger charge is -2.43. The van der Waals surface area contributed by atoms with Crippen molar-refractivity contribution in [1.82, 2.24) is 4.90 Å². The lowest BCUT2D eigenvalue weighted by atomic mass is 9.79. The van der Waals surface area contributed by atoms with Crippen molar-refractivity contribution in [1.29, 1.82) is 0 Å². The molecule has 1 aromatic rings. The zero-order valence-corrected chi connectivity index (χ0v) is 10.7. The Morgan fingerprint density at radius 1 is 1.26 bits per heavy atom. The van der Waals surface area contributed by atoms with Gasteiger partial charge in [0.15, 0.2) is 5.78 Å². The van der Waals surface area contributed by atoms with Crippen molar-refractivity contribution < 1.29 is 14.3 Å². The molecule has 4 rings (SSSR count). The minimum Gasteiger partial charge on any atom is -0.445 e. The predicted molar refractivity (Wildman–Crippen MR) is 69.5 cm³/mol. The molecule has 1 amide bonds. The molecule has 19 heavy (non-hydrogen) atoms. The quantitative estimate of drug-likeness (QED) is 0.819. The van der Waals surface area contributed by atoms with Gasteiger partial charge in [-0.1, -0.05) is 30.3 Å². The van der Waals surface area contributed by atoms with E-state index in [4.69, 9.17) is 4.74 Å². The zero-order chi connectivity index (χ0) is 13.2. The smallest absolute Gasteiger partial charge is 0.410 e. The van der Waals surface area contributed by atoms with E-state index in [2.05, 4.69) is 0 Å². The number of carbonyl (C=O) groups is 2. The minimum absolute atomic E-state index is 0.194. The maximum absolute atomic E-state index is 12.1. The molecule has 4 nitrogen and oxygen atoms in total. The maximum atomic E-state index is 12.1. The standard InChI is InChI=1S/C15H17NO3/c17-14-8-12-6-7-13(14)16(9-12)15(18)19-10-11-4-2-1-3-5-11/h1-5,12-13H,6-10H2. The number of rotatable bonds is 2. The van der Waals surface area contributed by atoms with E-state index in [1.54, 1.807) is 4.90 Å². The molecule has 2 heterocycles. The number of ketones is 1. The average Bonchev–Trinajstić information content (AvgIpc) is 2.46. The van der Waals surface area contributed by atoms with E-state index < -0.39 is 0 Å². The van der Waals surface area contributed by atoms with Gasteiger partial charge in [0.2, 0.25) is 0 Å². The Balaban J connectivity index is 1.60. The van der Waals surface area contributed by atoms with Crippen LogP contribution in [-0.4, -0.2) is 29.4 Å². The van der Waals surface area contributed by atoms with Gasteiger partial charge in [0.1, 0.15) is 6.61 Å². The Bertz CT molecular complexity index is 485. The molecule has 1 aliphatic carbocycles. The van der Waals surface area contributed by atoms with Crippen LogP contribution in [0.2, 0.25) is 0 Å². The third-order valence-corrected chi connectivity index (χ3v) is 3.98. The number of hydrogen-bond acceptors (Lipinski definition) is 3. The van der Waals surface area contributed by atoms with Crippen LogP contribution in [0, 0.1) is 5.92 Å². The molecule has 0 aromatic heterocycles. The number of ether oxygens (including phenoxy) is 1. The number of fused-ring (bicyclic) bond motifs is 3. The van der Waals surface area contributed by atoms with E-state index in [0.717, 1.165) is 18.4 Å². The van der Waals surface area contributed by atoms with Gasteiger partial charge in [-0.25, -0.2) is 4.79 Å². The number of hydrogen-bond donors (Lipinski definition) is 0. The Hall–Kier alpha value is -1.84. The second-order valence-electron chi connectivity index (χ2n) is 5.32. The second kappa shape index (κ2) is 5.03. The lowest BCUT2D eigenvalue weighted by Crippen LogP contribution is -2.55. The maximum Gasteiger partial charge on any atom is 0.410 e. The van der Waals surface area contributed by atoms with Crippen molar-refractivity contribution in [3.05, 3.63) is 35.9 Å². The first-order valence-corrected chi connectivity index (χ1v) is 6.74. The van der Waals surface area contributed by atoms with E-state index >= 15 is 0 Å². The van der Waals surface area contributed by atoms with Gasteiger partial charge in [-0.3, -0.25) is 9.69 Å². The number of Topliss-reactive ketones (excluding diaryl/α,β-unsaturated/α-hetero) is 1. The molecule has 1 saturated carbocycles. The zero-order valence-electron chi connectivity index (χ0n) is 10.7. The topological polar surface area (TPSA) is 46.6 Å². The largest absolute Gasteiger partial charge is 0.445 e. The third kappa shape index (κ3) is 2.48. The van der Waals surface area contributed by atoms with E-state index in [1.807, 2.05) is 30.3 Å². The molecule has 2 atom stereocenters. The van der Waals surface area contributed by atoms with E-state index in [-0.39, 0.29) is 24.5 Å². The molecular weight excluding hydrogens is 242 g/mol. The summed E-state index contributed by atoms with van der Waals surface area (Å²) >= 11 is 0. The number of carbonyl (C=O) groups excluding carboxylic acids is 2. The summed E-state index contributed by atoms with van der Waals surface area (Å²) in [5.74, 6) is 0.529. The fraction of sp³-hybridized carbons (Fsp3) is 0.467.